The summed E-state index contributed by atoms with van der Waals surface area (Å²) < 4.78 is 27.4. The second-order valence-electron chi connectivity index (χ2n) is 4.39. The third kappa shape index (κ3) is 3.31. The number of aromatic carboxylic acids is 1. The van der Waals surface area contributed by atoms with Gasteiger partial charge in [-0.15, -0.1) is 11.3 Å². The molecule has 2 rings (SSSR count). The highest BCUT2D eigenvalue weighted by atomic mass is 32.2. The molecule has 0 amide bonds. The highest BCUT2D eigenvalue weighted by molar-refractivity contribution is 7.89. The fraction of sp³-hybridized carbons (Fsp3) is 0.333. The maximum Gasteiger partial charge on any atom is 0.345 e. The molecule has 0 radical (unpaired) electrons. The van der Waals surface area contributed by atoms with Crippen molar-refractivity contribution in [1.82, 2.24) is 14.7 Å². The number of hydrogen-bond acceptors (Lipinski definition) is 5. The Bertz CT molecular complexity index is 735. The van der Waals surface area contributed by atoms with Gasteiger partial charge in [0.2, 0.25) is 10.0 Å². The van der Waals surface area contributed by atoms with E-state index in [1.165, 1.54) is 6.07 Å². The lowest BCUT2D eigenvalue weighted by Gasteiger charge is -2.14. The Labute approximate surface area is 126 Å². The number of hydrogen-bond donors (Lipinski definition) is 3. The summed E-state index contributed by atoms with van der Waals surface area (Å²) >= 11 is 0.939. The molecule has 1 atom stereocenters. The van der Waals surface area contributed by atoms with Crippen LogP contribution in [0.25, 0.3) is 0 Å². The van der Waals surface area contributed by atoms with Crippen LogP contribution < -0.4 is 4.72 Å². The van der Waals surface area contributed by atoms with Gasteiger partial charge < -0.3 is 10.1 Å². The number of aryl methyl sites for hydroxylation is 1. The van der Waals surface area contributed by atoms with Crippen LogP contribution in [0.5, 0.6) is 0 Å². The van der Waals surface area contributed by atoms with E-state index in [0.29, 0.717) is 17.1 Å². The average molecular weight is 329 g/mol. The molecule has 21 heavy (non-hydrogen) atoms. The average Bonchev–Trinajstić information content (AvgIpc) is 3.05. The summed E-state index contributed by atoms with van der Waals surface area (Å²) in [6.45, 7) is 3.42. The lowest BCUT2D eigenvalue weighted by Crippen LogP contribution is -2.29. The van der Waals surface area contributed by atoms with Crippen LogP contribution in [0.15, 0.2) is 23.4 Å². The number of aromatic nitrogens is 2. The van der Waals surface area contributed by atoms with Gasteiger partial charge in [0.1, 0.15) is 10.7 Å². The molecule has 114 valence electrons. The molecule has 0 bridgehead atoms. The van der Waals surface area contributed by atoms with Gasteiger partial charge in [-0.1, -0.05) is 6.92 Å². The van der Waals surface area contributed by atoms with Crippen molar-refractivity contribution in [2.75, 3.05) is 0 Å². The molecule has 0 fully saturated rings. The predicted octanol–water partition coefficient (Wildman–Crippen LogP) is 1.91. The first-order valence-electron chi connectivity index (χ1n) is 6.20. The Kier molecular flexibility index (Phi) is 4.45. The zero-order valence-electron chi connectivity index (χ0n) is 11.5. The fourth-order valence-electron chi connectivity index (χ4n) is 1.89. The molecule has 2 aromatic heterocycles. The summed E-state index contributed by atoms with van der Waals surface area (Å²) in [5, 5.41) is 8.95. The van der Waals surface area contributed by atoms with Crippen LogP contribution in [0.2, 0.25) is 0 Å². The molecule has 0 saturated carbocycles. The van der Waals surface area contributed by atoms with Gasteiger partial charge in [0, 0.05) is 17.3 Å². The molecule has 9 heteroatoms. The number of sulfonamides is 1. The van der Waals surface area contributed by atoms with E-state index in [4.69, 9.17) is 5.11 Å². The Balaban J connectivity index is 2.32. The Morgan fingerprint density at radius 1 is 1.57 bits per heavy atom. The number of nitrogens with zero attached hydrogens (tertiary/aromatic N) is 1. The Morgan fingerprint density at radius 3 is 2.76 bits per heavy atom. The van der Waals surface area contributed by atoms with Crippen LogP contribution in [0.1, 0.15) is 39.8 Å². The smallest absolute Gasteiger partial charge is 0.345 e. The van der Waals surface area contributed by atoms with E-state index in [1.807, 2.05) is 6.92 Å². The number of aromatic amines is 1. The van der Waals surface area contributed by atoms with Crippen LogP contribution in [0.3, 0.4) is 0 Å². The van der Waals surface area contributed by atoms with Crippen LogP contribution in [0.4, 0.5) is 0 Å². The number of rotatable bonds is 6. The molecular formula is C12H15N3O4S2. The number of carbonyl (C=O) groups is 1. The highest BCUT2D eigenvalue weighted by Crippen LogP contribution is 2.27. The van der Waals surface area contributed by atoms with E-state index in [9.17, 15) is 13.2 Å². The Morgan fingerprint density at radius 2 is 2.29 bits per heavy atom. The number of carboxylic acids is 1. The lowest BCUT2D eigenvalue weighted by molar-refractivity contribution is 0.0702. The predicted molar refractivity (Wildman–Crippen MR) is 78.0 cm³/mol. The molecule has 0 aliphatic heterocycles. The fourth-order valence-corrected chi connectivity index (χ4v) is 4.60. The first-order valence-corrected chi connectivity index (χ1v) is 8.50. The normalized spacial score (nSPS) is 13.2. The van der Waals surface area contributed by atoms with Crippen LogP contribution in [-0.2, 0) is 10.0 Å². The van der Waals surface area contributed by atoms with Gasteiger partial charge in [-0.2, -0.15) is 0 Å². The second kappa shape index (κ2) is 5.96. The van der Waals surface area contributed by atoms with E-state index < -0.39 is 22.0 Å². The topological polar surface area (TPSA) is 112 Å². The van der Waals surface area contributed by atoms with Crippen molar-refractivity contribution < 1.29 is 18.3 Å². The van der Waals surface area contributed by atoms with Crippen molar-refractivity contribution in [3.8, 4) is 0 Å². The summed E-state index contributed by atoms with van der Waals surface area (Å²) in [5.41, 5.74) is 0. The van der Waals surface area contributed by atoms with E-state index in [0.717, 1.165) is 11.3 Å². The minimum absolute atomic E-state index is 0.000998. The van der Waals surface area contributed by atoms with Crippen molar-refractivity contribution >= 4 is 27.3 Å². The standard InChI is InChI=1S/C12H15N3O4S2/c1-3-8(11-13-4-5-14-11)15-21(18,19)10-6-9(12(16)17)20-7(10)2/h4-6,8,15H,3H2,1-2H3,(H,13,14)(H,16,17). The Hall–Kier alpha value is -1.71. The molecule has 0 aliphatic carbocycles. The van der Waals surface area contributed by atoms with E-state index in [1.54, 1.807) is 19.3 Å². The maximum atomic E-state index is 12.4. The molecule has 3 N–H and O–H groups in total. The van der Waals surface area contributed by atoms with Crippen LogP contribution in [-0.4, -0.2) is 29.5 Å². The lowest BCUT2D eigenvalue weighted by atomic mass is 10.2. The summed E-state index contributed by atoms with van der Waals surface area (Å²) in [6.07, 6.45) is 3.68. The second-order valence-corrected chi connectivity index (χ2v) is 7.33. The monoisotopic (exact) mass is 329 g/mol. The molecule has 7 nitrogen and oxygen atoms in total. The summed E-state index contributed by atoms with van der Waals surface area (Å²) in [7, 11) is -3.80. The van der Waals surface area contributed by atoms with E-state index in [2.05, 4.69) is 14.7 Å². The number of imidazole rings is 1. The van der Waals surface area contributed by atoms with E-state index >= 15 is 0 Å². The third-order valence-corrected chi connectivity index (χ3v) is 5.69. The van der Waals surface area contributed by atoms with Crippen molar-refractivity contribution in [3.05, 3.63) is 34.0 Å². The highest BCUT2D eigenvalue weighted by Gasteiger charge is 2.26. The first kappa shape index (κ1) is 15.7. The largest absolute Gasteiger partial charge is 0.477 e. The van der Waals surface area contributed by atoms with Crippen molar-refractivity contribution in [1.29, 1.82) is 0 Å². The zero-order valence-corrected chi connectivity index (χ0v) is 13.1. The number of thiophene rings is 1. The van der Waals surface area contributed by atoms with Gasteiger partial charge in [0.05, 0.1) is 10.9 Å². The van der Waals surface area contributed by atoms with Gasteiger partial charge >= 0.3 is 5.97 Å². The summed E-state index contributed by atoms with van der Waals surface area (Å²) in [5.74, 6) is -0.616. The molecule has 0 saturated heterocycles. The van der Waals surface area contributed by atoms with E-state index in [-0.39, 0.29) is 9.77 Å². The molecular weight excluding hydrogens is 314 g/mol. The minimum Gasteiger partial charge on any atom is -0.477 e. The quantitative estimate of drug-likeness (QED) is 0.749. The number of H-pyrrole nitrogens is 1. The van der Waals surface area contributed by atoms with Crippen molar-refractivity contribution in [2.45, 2.75) is 31.2 Å². The number of carboxylic acid groups (broad SMARTS) is 1. The van der Waals surface area contributed by atoms with Crippen molar-refractivity contribution in [3.63, 3.8) is 0 Å². The van der Waals surface area contributed by atoms with Gasteiger partial charge in [0.25, 0.3) is 0 Å². The molecule has 2 heterocycles. The summed E-state index contributed by atoms with van der Waals surface area (Å²) in [6, 6.07) is 0.692. The molecule has 2 aromatic rings. The molecule has 0 aliphatic rings. The van der Waals surface area contributed by atoms with Crippen molar-refractivity contribution in [2.24, 2.45) is 0 Å². The molecule has 0 aromatic carbocycles. The van der Waals surface area contributed by atoms with Gasteiger partial charge in [-0.05, 0) is 19.4 Å². The van der Waals surface area contributed by atoms with Crippen LogP contribution in [0, 0.1) is 6.92 Å². The first-order chi connectivity index (χ1) is 9.85. The van der Waals surface area contributed by atoms with Gasteiger partial charge in [-0.25, -0.2) is 22.9 Å². The number of nitrogens with one attached hydrogen (secondary N) is 2. The van der Waals surface area contributed by atoms with Gasteiger partial charge in [-0.3, -0.25) is 0 Å². The van der Waals surface area contributed by atoms with Gasteiger partial charge in [0.15, 0.2) is 0 Å². The third-order valence-electron chi connectivity index (χ3n) is 2.93. The molecule has 0 spiro atoms. The SMILES string of the molecule is CCC(NS(=O)(=O)c1cc(C(=O)O)sc1C)c1ncc[nH]1. The molecule has 1 unspecified atom stereocenters. The van der Waals surface area contributed by atoms with Crippen LogP contribution >= 0.6 is 11.3 Å². The maximum absolute atomic E-state index is 12.4. The zero-order chi connectivity index (χ0) is 15.6. The minimum atomic E-state index is -3.80. The summed E-state index contributed by atoms with van der Waals surface area (Å²) in [4.78, 5) is 18.3.